The Morgan fingerprint density at radius 2 is 1.83 bits per heavy atom. The summed E-state index contributed by atoms with van der Waals surface area (Å²) in [5.41, 5.74) is -0.185. The molecule has 0 unspecified atom stereocenters. The minimum Gasteiger partial charge on any atom is -0.337 e. The van der Waals surface area contributed by atoms with Crippen molar-refractivity contribution in [1.29, 1.82) is 0 Å². The van der Waals surface area contributed by atoms with E-state index in [4.69, 9.17) is 0 Å². The molecule has 0 N–H and O–H groups in total. The monoisotopic (exact) mass is 319 g/mol. The number of hydrogen-bond donors (Lipinski definition) is 0. The lowest BCUT2D eigenvalue weighted by Gasteiger charge is -2.25. The van der Waals surface area contributed by atoms with E-state index in [1.165, 1.54) is 40.9 Å². The van der Waals surface area contributed by atoms with Crippen LogP contribution in [0.3, 0.4) is 0 Å². The van der Waals surface area contributed by atoms with Crippen LogP contribution in [0.5, 0.6) is 0 Å². The molecule has 2 rings (SSSR count). The highest BCUT2D eigenvalue weighted by atomic mass is 19.1. The van der Waals surface area contributed by atoms with Crippen LogP contribution >= 0.6 is 0 Å². The molecule has 0 bridgehead atoms. The molecule has 1 atom stereocenters. The summed E-state index contributed by atoms with van der Waals surface area (Å²) < 4.78 is 15.1. The van der Waals surface area contributed by atoms with E-state index in [9.17, 15) is 18.8 Å². The number of amides is 1. The molecule has 1 aromatic heterocycles. The standard InChI is InChI=1S/C16H18FN3O3/c1-11(12-4-6-13(17)7-5-12)18(2)15(22)10-20-9-8-14(21)19(3)16(20)23/h4-9,11H,10H2,1-3H3/t11-/m1/s1. The van der Waals surface area contributed by atoms with E-state index in [0.717, 1.165) is 10.1 Å². The van der Waals surface area contributed by atoms with Gasteiger partial charge in [0.15, 0.2) is 0 Å². The summed E-state index contributed by atoms with van der Waals surface area (Å²) in [5.74, 6) is -0.630. The second-order valence-corrected chi connectivity index (χ2v) is 5.36. The first kappa shape index (κ1) is 16.7. The number of likely N-dealkylation sites (N-methyl/N-ethyl adjacent to an activating group) is 1. The van der Waals surface area contributed by atoms with E-state index in [1.807, 2.05) is 6.92 Å². The number of carbonyl (C=O) groups excluding carboxylic acids is 1. The van der Waals surface area contributed by atoms with Crippen molar-refractivity contribution in [3.63, 3.8) is 0 Å². The van der Waals surface area contributed by atoms with E-state index in [2.05, 4.69) is 0 Å². The maximum absolute atomic E-state index is 13.0. The van der Waals surface area contributed by atoms with Gasteiger partial charge in [-0.15, -0.1) is 0 Å². The molecule has 0 radical (unpaired) electrons. The Labute approximate surface area is 132 Å². The van der Waals surface area contributed by atoms with Gasteiger partial charge in [-0.05, 0) is 24.6 Å². The van der Waals surface area contributed by atoms with Gasteiger partial charge in [-0.3, -0.25) is 18.7 Å². The molecule has 1 amide bonds. The molecule has 0 aliphatic carbocycles. The van der Waals surface area contributed by atoms with Crippen molar-refractivity contribution < 1.29 is 9.18 Å². The maximum atomic E-state index is 13.0. The molecular weight excluding hydrogens is 301 g/mol. The van der Waals surface area contributed by atoms with E-state index in [0.29, 0.717) is 0 Å². The molecule has 0 spiro atoms. The highest BCUT2D eigenvalue weighted by Crippen LogP contribution is 2.19. The van der Waals surface area contributed by atoms with Gasteiger partial charge in [0, 0.05) is 26.4 Å². The summed E-state index contributed by atoms with van der Waals surface area (Å²) in [6, 6.07) is 6.86. The third-order valence-electron chi connectivity index (χ3n) is 3.89. The van der Waals surface area contributed by atoms with Crippen molar-refractivity contribution >= 4 is 5.91 Å². The van der Waals surface area contributed by atoms with Gasteiger partial charge in [0.25, 0.3) is 5.56 Å². The fraction of sp³-hybridized carbons (Fsp3) is 0.312. The number of halogens is 1. The lowest BCUT2D eigenvalue weighted by Crippen LogP contribution is -2.41. The van der Waals surface area contributed by atoms with Gasteiger partial charge >= 0.3 is 5.69 Å². The predicted octanol–water partition coefficient (Wildman–Crippen LogP) is 0.906. The maximum Gasteiger partial charge on any atom is 0.331 e. The number of carbonyl (C=O) groups is 1. The molecule has 122 valence electrons. The number of nitrogens with zero attached hydrogens (tertiary/aromatic N) is 3. The summed E-state index contributed by atoms with van der Waals surface area (Å²) in [6.45, 7) is 1.64. The van der Waals surface area contributed by atoms with Gasteiger partial charge in [-0.1, -0.05) is 12.1 Å². The van der Waals surface area contributed by atoms with E-state index in [-0.39, 0.29) is 24.3 Å². The smallest absolute Gasteiger partial charge is 0.331 e. The zero-order valence-corrected chi connectivity index (χ0v) is 13.2. The van der Waals surface area contributed by atoms with E-state index in [1.54, 1.807) is 19.2 Å². The molecule has 0 aliphatic heterocycles. The van der Waals surface area contributed by atoms with Crippen molar-refractivity contribution in [2.75, 3.05) is 7.05 Å². The van der Waals surface area contributed by atoms with Crippen molar-refractivity contribution in [2.45, 2.75) is 19.5 Å². The zero-order chi connectivity index (χ0) is 17.1. The van der Waals surface area contributed by atoms with Crippen LogP contribution in [0.4, 0.5) is 4.39 Å². The summed E-state index contributed by atoms with van der Waals surface area (Å²) in [7, 11) is 2.97. The first-order valence-electron chi connectivity index (χ1n) is 7.09. The molecule has 1 aromatic carbocycles. The highest BCUT2D eigenvalue weighted by Gasteiger charge is 2.18. The van der Waals surface area contributed by atoms with Gasteiger partial charge in [-0.25, -0.2) is 9.18 Å². The zero-order valence-electron chi connectivity index (χ0n) is 13.2. The second kappa shape index (κ2) is 6.60. The van der Waals surface area contributed by atoms with Crippen molar-refractivity contribution in [3.8, 4) is 0 Å². The van der Waals surface area contributed by atoms with Crippen molar-refractivity contribution in [1.82, 2.24) is 14.0 Å². The summed E-state index contributed by atoms with van der Waals surface area (Å²) in [6.07, 6.45) is 1.30. The van der Waals surface area contributed by atoms with Gasteiger partial charge in [0.2, 0.25) is 5.91 Å². The molecule has 0 aliphatic rings. The molecule has 1 heterocycles. The number of benzene rings is 1. The number of hydrogen-bond acceptors (Lipinski definition) is 3. The van der Waals surface area contributed by atoms with Crippen molar-refractivity contribution in [2.24, 2.45) is 7.05 Å². The third-order valence-corrected chi connectivity index (χ3v) is 3.89. The van der Waals surface area contributed by atoms with Crippen LogP contribution < -0.4 is 11.2 Å². The van der Waals surface area contributed by atoms with Crippen LogP contribution in [0, 0.1) is 5.82 Å². The Morgan fingerprint density at radius 3 is 2.43 bits per heavy atom. The Morgan fingerprint density at radius 1 is 1.22 bits per heavy atom. The van der Waals surface area contributed by atoms with Crippen LogP contribution in [-0.2, 0) is 18.4 Å². The Balaban J connectivity index is 2.17. The molecule has 0 saturated heterocycles. The SMILES string of the molecule is C[C@H](c1ccc(F)cc1)N(C)C(=O)Cn1ccc(=O)n(C)c1=O. The third kappa shape index (κ3) is 3.56. The molecule has 2 aromatic rings. The summed E-state index contributed by atoms with van der Waals surface area (Å²) in [5, 5.41) is 0. The molecule has 0 fully saturated rings. The normalized spacial score (nSPS) is 12.0. The largest absolute Gasteiger partial charge is 0.337 e. The van der Waals surface area contributed by atoms with E-state index < -0.39 is 11.2 Å². The predicted molar refractivity (Wildman–Crippen MR) is 83.5 cm³/mol. The Kier molecular flexibility index (Phi) is 4.78. The Bertz CT molecular complexity index is 824. The molecule has 6 nitrogen and oxygen atoms in total. The first-order valence-corrected chi connectivity index (χ1v) is 7.09. The quantitative estimate of drug-likeness (QED) is 0.841. The Hall–Kier alpha value is -2.70. The summed E-state index contributed by atoms with van der Waals surface area (Å²) >= 11 is 0. The topological polar surface area (TPSA) is 64.3 Å². The number of rotatable bonds is 4. The van der Waals surface area contributed by atoms with E-state index >= 15 is 0 Å². The number of aromatic nitrogens is 2. The van der Waals surface area contributed by atoms with Crippen LogP contribution in [0.1, 0.15) is 18.5 Å². The lowest BCUT2D eigenvalue weighted by atomic mass is 10.1. The first-order chi connectivity index (χ1) is 10.8. The average molecular weight is 319 g/mol. The van der Waals surface area contributed by atoms with Crippen LogP contribution in [0.25, 0.3) is 0 Å². The van der Waals surface area contributed by atoms with Gasteiger partial charge in [0.1, 0.15) is 12.4 Å². The summed E-state index contributed by atoms with van der Waals surface area (Å²) in [4.78, 5) is 37.1. The average Bonchev–Trinajstić information content (AvgIpc) is 2.54. The molecular formula is C16H18FN3O3. The molecule has 0 saturated carbocycles. The fourth-order valence-electron chi connectivity index (χ4n) is 2.17. The second-order valence-electron chi connectivity index (χ2n) is 5.36. The van der Waals surface area contributed by atoms with Gasteiger partial charge < -0.3 is 4.90 Å². The van der Waals surface area contributed by atoms with Crippen LogP contribution in [-0.4, -0.2) is 27.0 Å². The van der Waals surface area contributed by atoms with Crippen molar-refractivity contribution in [3.05, 3.63) is 68.7 Å². The van der Waals surface area contributed by atoms with Crippen LogP contribution in [0.2, 0.25) is 0 Å². The van der Waals surface area contributed by atoms with Gasteiger partial charge in [0.05, 0.1) is 6.04 Å². The molecule has 23 heavy (non-hydrogen) atoms. The van der Waals surface area contributed by atoms with Crippen LogP contribution in [0.15, 0.2) is 46.1 Å². The fourth-order valence-corrected chi connectivity index (χ4v) is 2.17. The highest BCUT2D eigenvalue weighted by molar-refractivity contribution is 5.76. The lowest BCUT2D eigenvalue weighted by molar-refractivity contribution is -0.132. The minimum atomic E-state index is -0.548. The molecule has 7 heteroatoms. The van der Waals surface area contributed by atoms with Gasteiger partial charge in [-0.2, -0.15) is 0 Å². The minimum absolute atomic E-state index is 0.172.